The molecule has 1 heterocycles. The van der Waals surface area contributed by atoms with E-state index in [1.165, 1.54) is 0 Å². The second kappa shape index (κ2) is 15.4. The van der Waals surface area contributed by atoms with Crippen molar-refractivity contribution < 1.29 is 32.3 Å². The molecule has 2 aromatic carbocycles. The fourth-order valence-corrected chi connectivity index (χ4v) is 7.27. The Morgan fingerprint density at radius 1 is 1.04 bits per heavy atom. The van der Waals surface area contributed by atoms with Gasteiger partial charge in [-0.3, -0.25) is 19.4 Å². The van der Waals surface area contributed by atoms with Crippen LogP contribution in [0.1, 0.15) is 88.6 Å². The monoisotopic (exact) mass is 685 g/mol. The van der Waals surface area contributed by atoms with Gasteiger partial charge in [-0.1, -0.05) is 30.3 Å². The number of benzene rings is 2. The lowest BCUT2D eigenvalue weighted by atomic mass is 9.94. The first-order valence-corrected chi connectivity index (χ1v) is 17.7. The van der Waals surface area contributed by atoms with E-state index in [4.69, 9.17) is 15.2 Å². The van der Waals surface area contributed by atoms with E-state index < -0.39 is 51.5 Å². The fourth-order valence-electron chi connectivity index (χ4n) is 5.75. The van der Waals surface area contributed by atoms with Crippen molar-refractivity contribution in [3.8, 4) is 5.75 Å². The zero-order valence-corrected chi connectivity index (χ0v) is 30.4. The highest BCUT2D eigenvalue weighted by molar-refractivity contribution is 7.90. The van der Waals surface area contributed by atoms with Crippen LogP contribution in [0.15, 0.2) is 40.2 Å². The second-order valence-corrected chi connectivity index (χ2v) is 15.7. The number of esters is 1. The number of hydrogen-bond donors (Lipinski definition) is 4. The highest BCUT2D eigenvalue weighted by Gasteiger charge is 2.36. The number of nitrogens with two attached hydrogens (primary N) is 1. The van der Waals surface area contributed by atoms with Crippen molar-refractivity contribution in [2.75, 3.05) is 6.54 Å². The number of amides is 2. The van der Waals surface area contributed by atoms with E-state index in [1.54, 1.807) is 34.6 Å². The number of fused-ring (bicyclic) bond motifs is 1. The maximum Gasteiger partial charge on any atom is 0.315 e. The van der Waals surface area contributed by atoms with Crippen LogP contribution in [-0.4, -0.2) is 62.0 Å². The number of aliphatic imine (C=N–C) groups is 1. The molecule has 1 aliphatic rings. The Hall–Kier alpha value is -4.13. The minimum Gasteiger partial charge on any atom is -0.487 e. The minimum absolute atomic E-state index is 0.0723. The third-order valence-electron chi connectivity index (χ3n) is 7.88. The summed E-state index contributed by atoms with van der Waals surface area (Å²) in [7, 11) is -4.08. The number of hydrogen-bond acceptors (Lipinski definition) is 8. The molecule has 2 aromatic rings. The molecule has 2 amide bonds. The van der Waals surface area contributed by atoms with Crippen LogP contribution in [0.25, 0.3) is 0 Å². The molecule has 48 heavy (non-hydrogen) atoms. The molecular weight excluding hydrogens is 634 g/mol. The van der Waals surface area contributed by atoms with Crippen molar-refractivity contribution in [3.63, 3.8) is 0 Å². The lowest BCUT2D eigenvalue weighted by molar-refractivity contribution is -0.156. The fraction of sp³-hybridized carbons (Fsp3) is 0.543. The van der Waals surface area contributed by atoms with Gasteiger partial charge in [0.25, 0.3) is 10.0 Å². The summed E-state index contributed by atoms with van der Waals surface area (Å²) in [5.41, 5.74) is 8.66. The first kappa shape index (κ1) is 38.3. The van der Waals surface area contributed by atoms with Gasteiger partial charge in [-0.2, -0.15) is 0 Å². The molecule has 13 heteroatoms. The Morgan fingerprint density at radius 3 is 2.31 bits per heavy atom. The SMILES string of the molecule is Cc1c(C)c(S(=O)(=O)NC(N)=NCCCC(NC(=O)CC(=O)OC(C)(C)C)C(=O)NC(C)Cc2ccccc2)c(C)c2c1OC(C)(C)C2. The van der Waals surface area contributed by atoms with Gasteiger partial charge in [-0.25, -0.2) is 13.1 Å². The van der Waals surface area contributed by atoms with Crippen LogP contribution in [0.4, 0.5) is 0 Å². The number of nitrogens with one attached hydrogen (secondary N) is 3. The van der Waals surface area contributed by atoms with Gasteiger partial charge in [-0.15, -0.1) is 0 Å². The maximum atomic E-state index is 13.5. The van der Waals surface area contributed by atoms with Crippen molar-refractivity contribution >= 4 is 33.8 Å². The van der Waals surface area contributed by atoms with Gasteiger partial charge in [-0.05, 0) is 104 Å². The Kier molecular flexibility index (Phi) is 12.3. The molecule has 0 saturated heterocycles. The van der Waals surface area contributed by atoms with Crippen molar-refractivity contribution in [1.82, 2.24) is 15.4 Å². The quantitative estimate of drug-likeness (QED) is 0.0811. The summed E-state index contributed by atoms with van der Waals surface area (Å²) in [6.07, 6.45) is 1.06. The van der Waals surface area contributed by atoms with Crippen molar-refractivity contribution in [2.45, 2.75) is 123 Å². The van der Waals surface area contributed by atoms with Gasteiger partial charge < -0.3 is 25.8 Å². The molecule has 12 nitrogen and oxygen atoms in total. The standard InChI is InChI=1S/C35H51N5O7S/c1-21(18-25-14-11-10-12-15-25)38-32(43)27(39-28(41)19-29(42)46-34(5,6)7)16-13-17-37-33(36)40-48(44,45)31-23(3)22(2)30-26(24(31)4)20-35(8,9)47-30/h10-12,14-15,21,27H,13,16-20H2,1-9H3,(H,38,43)(H,39,41)(H3,36,37,40). The highest BCUT2D eigenvalue weighted by atomic mass is 32.2. The third-order valence-corrected chi connectivity index (χ3v) is 9.51. The molecule has 264 valence electrons. The van der Waals surface area contributed by atoms with Gasteiger partial charge in [0, 0.05) is 24.6 Å². The highest BCUT2D eigenvalue weighted by Crippen LogP contribution is 2.43. The maximum absolute atomic E-state index is 13.5. The average Bonchev–Trinajstić information content (AvgIpc) is 3.28. The number of carbonyl (C=O) groups is 3. The molecular formula is C35H51N5O7S. The molecule has 0 saturated carbocycles. The van der Waals surface area contributed by atoms with E-state index in [1.807, 2.05) is 58.0 Å². The summed E-state index contributed by atoms with van der Waals surface area (Å²) in [5, 5.41) is 5.57. The molecule has 5 N–H and O–H groups in total. The lowest BCUT2D eigenvalue weighted by Gasteiger charge is -2.22. The molecule has 0 fully saturated rings. The average molecular weight is 686 g/mol. The van der Waals surface area contributed by atoms with Crippen LogP contribution >= 0.6 is 0 Å². The summed E-state index contributed by atoms with van der Waals surface area (Å²) >= 11 is 0. The van der Waals surface area contributed by atoms with E-state index in [9.17, 15) is 22.8 Å². The first-order valence-electron chi connectivity index (χ1n) is 16.2. The molecule has 2 unspecified atom stereocenters. The number of guanidine groups is 1. The normalized spacial score (nSPS) is 15.5. The Balaban J connectivity index is 1.68. The summed E-state index contributed by atoms with van der Waals surface area (Å²) in [6.45, 7) is 16.3. The third kappa shape index (κ3) is 10.7. The Labute approximate surface area is 284 Å². The van der Waals surface area contributed by atoms with Crippen LogP contribution in [0, 0.1) is 20.8 Å². The zero-order valence-electron chi connectivity index (χ0n) is 29.6. The van der Waals surface area contributed by atoms with Crippen molar-refractivity contribution in [3.05, 3.63) is 58.1 Å². The van der Waals surface area contributed by atoms with Crippen LogP contribution in [-0.2, 0) is 42.0 Å². The van der Waals surface area contributed by atoms with E-state index >= 15 is 0 Å². The van der Waals surface area contributed by atoms with Gasteiger partial charge >= 0.3 is 5.97 Å². The molecule has 0 bridgehead atoms. The lowest BCUT2D eigenvalue weighted by Crippen LogP contribution is -2.50. The van der Waals surface area contributed by atoms with Crippen molar-refractivity contribution in [1.29, 1.82) is 0 Å². The number of sulfonamides is 1. The van der Waals surface area contributed by atoms with Gasteiger partial charge in [0.1, 0.15) is 29.4 Å². The summed E-state index contributed by atoms with van der Waals surface area (Å²) in [6, 6.07) is 8.46. The first-order chi connectivity index (χ1) is 22.2. The van der Waals surface area contributed by atoms with E-state index in [0.29, 0.717) is 24.0 Å². The smallest absolute Gasteiger partial charge is 0.315 e. The summed E-state index contributed by atoms with van der Waals surface area (Å²) in [4.78, 5) is 42.6. The molecule has 1 aliphatic heterocycles. The van der Waals surface area contributed by atoms with Crippen molar-refractivity contribution in [2.24, 2.45) is 10.7 Å². The van der Waals surface area contributed by atoms with E-state index in [2.05, 4.69) is 20.3 Å². The minimum atomic E-state index is -4.08. The molecule has 2 atom stereocenters. The van der Waals surface area contributed by atoms with Crippen LogP contribution in [0.2, 0.25) is 0 Å². The van der Waals surface area contributed by atoms with Crippen LogP contribution in [0.5, 0.6) is 5.75 Å². The number of nitrogens with zero attached hydrogens (tertiary/aromatic N) is 1. The molecule has 3 rings (SSSR count). The molecule has 0 radical (unpaired) electrons. The predicted molar refractivity (Wildman–Crippen MR) is 185 cm³/mol. The Bertz CT molecular complexity index is 1650. The zero-order chi connectivity index (χ0) is 36.0. The predicted octanol–water partition coefficient (Wildman–Crippen LogP) is 3.66. The number of rotatable bonds is 13. The topological polar surface area (TPSA) is 178 Å². The van der Waals surface area contributed by atoms with E-state index in [-0.39, 0.29) is 36.3 Å². The van der Waals surface area contributed by atoms with Gasteiger partial charge in [0.15, 0.2) is 0 Å². The largest absolute Gasteiger partial charge is 0.487 e. The van der Waals surface area contributed by atoms with Gasteiger partial charge in [0.05, 0.1) is 4.90 Å². The molecule has 0 aromatic heterocycles. The van der Waals surface area contributed by atoms with Crippen LogP contribution < -0.4 is 25.8 Å². The number of carbonyl (C=O) groups excluding carboxylic acids is 3. The molecule has 0 spiro atoms. The van der Waals surface area contributed by atoms with E-state index in [0.717, 1.165) is 22.4 Å². The Morgan fingerprint density at radius 2 is 1.69 bits per heavy atom. The summed E-state index contributed by atoms with van der Waals surface area (Å²) < 4.78 is 40.7. The van der Waals surface area contributed by atoms with Crippen LogP contribution in [0.3, 0.4) is 0 Å². The van der Waals surface area contributed by atoms with Gasteiger partial charge in [0.2, 0.25) is 17.8 Å². The summed E-state index contributed by atoms with van der Waals surface area (Å²) in [5.74, 6) is -1.35. The number of ether oxygens (including phenoxy) is 2. The second-order valence-electron chi connectivity index (χ2n) is 14.0. The molecule has 0 aliphatic carbocycles.